The first-order valence-corrected chi connectivity index (χ1v) is 6.90. The van der Waals surface area contributed by atoms with Crippen molar-refractivity contribution in [1.29, 1.82) is 0 Å². The van der Waals surface area contributed by atoms with Gasteiger partial charge in [-0.3, -0.25) is 0 Å². The average Bonchev–Trinajstić information content (AvgIpc) is 2.48. The summed E-state index contributed by atoms with van der Waals surface area (Å²) in [6.07, 6.45) is 3.19. The molecule has 0 saturated heterocycles. The van der Waals surface area contributed by atoms with Crippen LogP contribution in [0.3, 0.4) is 0 Å². The van der Waals surface area contributed by atoms with Crippen molar-refractivity contribution in [3.63, 3.8) is 0 Å². The number of unbranched alkanes of at least 4 members (excludes halogenated alkanes) is 1. The number of methoxy groups -OCH3 is 1. The lowest BCUT2D eigenvalue weighted by atomic mass is 10.1. The maximum Gasteiger partial charge on any atom is 0.163 e. The van der Waals surface area contributed by atoms with Gasteiger partial charge >= 0.3 is 0 Å². The summed E-state index contributed by atoms with van der Waals surface area (Å²) >= 11 is 0. The molecule has 0 saturated carbocycles. The maximum atomic E-state index is 5.75. The Labute approximate surface area is 120 Å². The van der Waals surface area contributed by atoms with Crippen LogP contribution in [0.15, 0.2) is 48.5 Å². The molecule has 106 valence electrons. The predicted molar refractivity (Wildman–Crippen MR) is 82.3 cm³/mol. The summed E-state index contributed by atoms with van der Waals surface area (Å²) < 4.78 is 11.0. The van der Waals surface area contributed by atoms with Gasteiger partial charge in [0.2, 0.25) is 0 Å². The molecule has 0 atom stereocenters. The molecule has 3 nitrogen and oxygen atoms in total. The minimum absolute atomic E-state index is 0.673. The topological polar surface area (TPSA) is 44.5 Å². The predicted octanol–water partition coefficient (Wildman–Crippen LogP) is 3.68. The maximum absolute atomic E-state index is 5.75. The Morgan fingerprint density at radius 1 is 0.950 bits per heavy atom. The summed E-state index contributed by atoms with van der Waals surface area (Å²) in [5, 5.41) is 0. The van der Waals surface area contributed by atoms with Gasteiger partial charge in [0.15, 0.2) is 11.5 Å². The number of hydrogen-bond acceptors (Lipinski definition) is 3. The van der Waals surface area contributed by atoms with E-state index in [4.69, 9.17) is 15.2 Å². The molecule has 3 heteroatoms. The van der Waals surface area contributed by atoms with E-state index in [1.165, 1.54) is 5.56 Å². The van der Waals surface area contributed by atoms with Crippen LogP contribution in [0.25, 0.3) is 0 Å². The first-order valence-electron chi connectivity index (χ1n) is 6.90. The number of benzene rings is 2. The number of hydrogen-bond donors (Lipinski definition) is 1. The highest BCUT2D eigenvalue weighted by molar-refractivity contribution is 5.51. The van der Waals surface area contributed by atoms with E-state index >= 15 is 0 Å². The second kappa shape index (κ2) is 7.43. The van der Waals surface area contributed by atoms with Crippen molar-refractivity contribution in [3.05, 3.63) is 54.1 Å². The Morgan fingerprint density at radius 3 is 2.50 bits per heavy atom. The molecule has 0 aliphatic rings. The number of ether oxygens (including phenoxy) is 2. The van der Waals surface area contributed by atoms with Gasteiger partial charge in [-0.2, -0.15) is 0 Å². The third-order valence-corrected chi connectivity index (χ3v) is 3.15. The van der Waals surface area contributed by atoms with Crippen molar-refractivity contribution in [3.8, 4) is 11.5 Å². The molecule has 20 heavy (non-hydrogen) atoms. The molecule has 0 bridgehead atoms. The van der Waals surface area contributed by atoms with Crippen molar-refractivity contribution in [2.45, 2.75) is 19.3 Å². The monoisotopic (exact) mass is 271 g/mol. The summed E-state index contributed by atoms with van der Waals surface area (Å²) in [5.41, 5.74) is 7.81. The van der Waals surface area contributed by atoms with Gasteiger partial charge in [-0.25, -0.2) is 0 Å². The van der Waals surface area contributed by atoms with Crippen LogP contribution < -0.4 is 15.2 Å². The van der Waals surface area contributed by atoms with Crippen LogP contribution in [-0.2, 0) is 6.42 Å². The zero-order valence-electron chi connectivity index (χ0n) is 11.8. The van der Waals surface area contributed by atoms with Crippen LogP contribution >= 0.6 is 0 Å². The molecule has 2 rings (SSSR count). The fourth-order valence-electron chi connectivity index (χ4n) is 2.06. The Morgan fingerprint density at radius 2 is 1.75 bits per heavy atom. The molecule has 0 spiro atoms. The third kappa shape index (κ3) is 4.19. The van der Waals surface area contributed by atoms with Crippen LogP contribution in [-0.4, -0.2) is 13.7 Å². The zero-order valence-corrected chi connectivity index (χ0v) is 11.8. The molecule has 2 aromatic carbocycles. The molecule has 0 unspecified atom stereocenters. The van der Waals surface area contributed by atoms with Gasteiger partial charge in [-0.1, -0.05) is 30.3 Å². The van der Waals surface area contributed by atoms with Crippen molar-refractivity contribution in [2.75, 3.05) is 19.5 Å². The molecule has 0 aliphatic carbocycles. The molecule has 0 amide bonds. The molecule has 0 radical (unpaired) electrons. The van der Waals surface area contributed by atoms with E-state index in [9.17, 15) is 0 Å². The highest BCUT2D eigenvalue weighted by Crippen LogP contribution is 2.29. The molecular formula is C17H21NO2. The number of anilines is 1. The van der Waals surface area contributed by atoms with Crippen LogP contribution in [0.4, 0.5) is 5.69 Å². The van der Waals surface area contributed by atoms with Gasteiger partial charge in [0.25, 0.3) is 0 Å². The Bertz CT molecular complexity index is 526. The second-order valence-electron chi connectivity index (χ2n) is 4.70. The average molecular weight is 271 g/mol. The van der Waals surface area contributed by atoms with Crippen LogP contribution in [0, 0.1) is 0 Å². The van der Waals surface area contributed by atoms with Crippen molar-refractivity contribution < 1.29 is 9.47 Å². The van der Waals surface area contributed by atoms with E-state index in [1.807, 2.05) is 12.1 Å². The Kier molecular flexibility index (Phi) is 5.30. The Hall–Kier alpha value is -2.16. The summed E-state index contributed by atoms with van der Waals surface area (Å²) in [6.45, 7) is 0.673. The molecule has 0 aliphatic heterocycles. The van der Waals surface area contributed by atoms with Gasteiger partial charge in [0.05, 0.1) is 13.7 Å². The van der Waals surface area contributed by atoms with Crippen LogP contribution in [0.5, 0.6) is 11.5 Å². The van der Waals surface area contributed by atoms with Gasteiger partial charge in [-0.05, 0) is 37.0 Å². The lowest BCUT2D eigenvalue weighted by Crippen LogP contribution is -2.01. The summed E-state index contributed by atoms with van der Waals surface area (Å²) in [5.74, 6) is 1.44. The normalized spacial score (nSPS) is 10.2. The number of rotatable bonds is 7. The molecule has 0 fully saturated rings. The fourth-order valence-corrected chi connectivity index (χ4v) is 2.06. The number of nitrogens with two attached hydrogens (primary N) is 1. The van der Waals surface area contributed by atoms with Gasteiger partial charge < -0.3 is 15.2 Å². The zero-order chi connectivity index (χ0) is 14.2. The number of aryl methyl sites for hydroxylation is 1. The smallest absolute Gasteiger partial charge is 0.163 e. The lowest BCUT2D eigenvalue weighted by molar-refractivity contribution is 0.286. The van der Waals surface area contributed by atoms with E-state index in [2.05, 4.69) is 24.3 Å². The second-order valence-corrected chi connectivity index (χ2v) is 4.70. The van der Waals surface area contributed by atoms with E-state index < -0.39 is 0 Å². The van der Waals surface area contributed by atoms with Gasteiger partial charge in [-0.15, -0.1) is 0 Å². The van der Waals surface area contributed by atoms with E-state index in [0.29, 0.717) is 18.0 Å². The first-order chi connectivity index (χ1) is 9.79. The highest BCUT2D eigenvalue weighted by Gasteiger charge is 2.04. The van der Waals surface area contributed by atoms with E-state index in [-0.39, 0.29) is 0 Å². The van der Waals surface area contributed by atoms with E-state index in [0.717, 1.165) is 25.0 Å². The van der Waals surface area contributed by atoms with Crippen LogP contribution in [0.2, 0.25) is 0 Å². The molecule has 0 heterocycles. The minimum Gasteiger partial charge on any atom is -0.493 e. The fraction of sp³-hybridized carbons (Fsp3) is 0.294. The van der Waals surface area contributed by atoms with Gasteiger partial charge in [0.1, 0.15) is 0 Å². The number of nitrogen functional groups attached to an aromatic ring is 1. The molecule has 2 N–H and O–H groups in total. The quantitative estimate of drug-likeness (QED) is 0.617. The highest BCUT2D eigenvalue weighted by atomic mass is 16.5. The Balaban J connectivity index is 1.75. The van der Waals surface area contributed by atoms with E-state index in [1.54, 1.807) is 19.2 Å². The molecule has 2 aromatic rings. The minimum atomic E-state index is 0.673. The summed E-state index contributed by atoms with van der Waals surface area (Å²) in [4.78, 5) is 0. The summed E-state index contributed by atoms with van der Waals surface area (Å²) in [7, 11) is 1.63. The van der Waals surface area contributed by atoms with Crippen LogP contribution in [0.1, 0.15) is 18.4 Å². The SMILES string of the molecule is COc1ccc(N)cc1OCCCCc1ccccc1. The molecule has 0 aromatic heterocycles. The largest absolute Gasteiger partial charge is 0.493 e. The lowest BCUT2D eigenvalue weighted by Gasteiger charge is -2.11. The standard InChI is InChI=1S/C17H21NO2/c1-19-16-11-10-15(18)13-17(16)20-12-6-5-9-14-7-3-2-4-8-14/h2-4,7-8,10-11,13H,5-6,9,12,18H2,1H3. The molecular weight excluding hydrogens is 250 g/mol. The van der Waals surface area contributed by atoms with Crippen molar-refractivity contribution in [2.24, 2.45) is 0 Å². The van der Waals surface area contributed by atoms with Crippen molar-refractivity contribution >= 4 is 5.69 Å². The summed E-state index contributed by atoms with van der Waals surface area (Å²) in [6, 6.07) is 15.9. The third-order valence-electron chi connectivity index (χ3n) is 3.15. The first kappa shape index (κ1) is 14.3. The van der Waals surface area contributed by atoms with Crippen molar-refractivity contribution in [1.82, 2.24) is 0 Å². The van der Waals surface area contributed by atoms with Gasteiger partial charge in [0, 0.05) is 11.8 Å².